The summed E-state index contributed by atoms with van der Waals surface area (Å²) in [4.78, 5) is 9.44. The minimum Gasteiger partial charge on any atom is -0.493 e. The largest absolute Gasteiger partial charge is 0.493 e. The number of furan rings is 1. The summed E-state index contributed by atoms with van der Waals surface area (Å²) in [6.45, 7) is 5.78. The lowest BCUT2D eigenvalue weighted by Crippen LogP contribution is -2.29. The van der Waals surface area contributed by atoms with Gasteiger partial charge in [-0.1, -0.05) is 18.2 Å². The number of methoxy groups -OCH3 is 1. The topological polar surface area (TPSA) is 53.8 Å². The fraction of sp³-hybridized carbons (Fsp3) is 0.409. The number of hydrogen-bond acceptors (Lipinski definition) is 6. The molecule has 3 aromatic rings. The van der Waals surface area contributed by atoms with Crippen molar-refractivity contribution in [3.05, 3.63) is 53.9 Å². The summed E-state index contributed by atoms with van der Waals surface area (Å²) in [6, 6.07) is 12.3. The molecule has 28 heavy (non-hydrogen) atoms. The molecular formula is C22H28N4O2. The molecule has 0 saturated carbocycles. The van der Waals surface area contributed by atoms with Crippen molar-refractivity contribution in [1.29, 1.82) is 0 Å². The maximum absolute atomic E-state index is 5.93. The normalized spacial score (nSPS) is 15.7. The maximum Gasteiger partial charge on any atom is 0.176 e. The van der Waals surface area contributed by atoms with Crippen LogP contribution in [0.2, 0.25) is 0 Å². The van der Waals surface area contributed by atoms with Crippen molar-refractivity contribution in [3.8, 4) is 5.75 Å². The third-order valence-electron chi connectivity index (χ3n) is 5.26. The van der Waals surface area contributed by atoms with Crippen molar-refractivity contribution in [2.24, 2.45) is 0 Å². The Bertz CT molecular complexity index is 907. The van der Waals surface area contributed by atoms with Crippen LogP contribution in [-0.2, 0) is 13.1 Å². The predicted molar refractivity (Wildman–Crippen MR) is 112 cm³/mol. The smallest absolute Gasteiger partial charge is 0.176 e. The molecule has 4 rings (SSSR count). The minimum absolute atomic E-state index is 0.665. The van der Waals surface area contributed by atoms with E-state index in [1.165, 1.54) is 12.0 Å². The van der Waals surface area contributed by atoms with Gasteiger partial charge in [-0.2, -0.15) is 0 Å². The Kier molecular flexibility index (Phi) is 5.78. The highest BCUT2D eigenvalue weighted by atomic mass is 16.5. The van der Waals surface area contributed by atoms with Crippen molar-refractivity contribution in [3.63, 3.8) is 0 Å². The van der Waals surface area contributed by atoms with Crippen molar-refractivity contribution >= 4 is 16.8 Å². The van der Waals surface area contributed by atoms with E-state index in [2.05, 4.69) is 45.3 Å². The van der Waals surface area contributed by atoms with Crippen molar-refractivity contribution in [1.82, 2.24) is 15.2 Å². The van der Waals surface area contributed by atoms with Gasteiger partial charge in [0.05, 0.1) is 13.7 Å². The van der Waals surface area contributed by atoms with E-state index < -0.39 is 0 Å². The van der Waals surface area contributed by atoms with Crippen LogP contribution >= 0.6 is 0 Å². The number of nitrogens with one attached hydrogen (secondary N) is 1. The summed E-state index contributed by atoms with van der Waals surface area (Å²) in [5.74, 6) is 2.74. The molecule has 0 unspecified atom stereocenters. The lowest BCUT2D eigenvalue weighted by atomic mass is 10.2. The monoisotopic (exact) mass is 380 g/mol. The first-order valence-electron chi connectivity index (χ1n) is 9.87. The summed E-state index contributed by atoms with van der Waals surface area (Å²) < 4.78 is 11.3. The lowest BCUT2D eigenvalue weighted by Gasteiger charge is -2.21. The molecular weight excluding hydrogens is 352 g/mol. The highest BCUT2D eigenvalue weighted by Crippen LogP contribution is 2.28. The van der Waals surface area contributed by atoms with E-state index in [-0.39, 0.29) is 0 Å². The number of hydrogen-bond donors (Lipinski definition) is 1. The number of rotatable bonds is 6. The van der Waals surface area contributed by atoms with Gasteiger partial charge in [-0.15, -0.1) is 0 Å². The zero-order chi connectivity index (χ0) is 19.3. The molecule has 1 aromatic carbocycles. The Morgan fingerprint density at radius 2 is 2.04 bits per heavy atom. The van der Waals surface area contributed by atoms with Gasteiger partial charge in [-0.3, -0.25) is 0 Å². The number of pyridine rings is 1. The zero-order valence-corrected chi connectivity index (χ0v) is 16.6. The second-order valence-corrected chi connectivity index (χ2v) is 7.36. The standard InChI is InChI=1S/C22H28N4O2/c1-25-9-4-10-26(12-11-25)21-8-7-17(15-24-21)14-23-16-19-13-18-5-3-6-20(27-2)22(18)28-19/h3,5-8,13,15,23H,4,9-12,14,16H2,1-2H3. The van der Waals surface area contributed by atoms with Gasteiger partial charge in [0, 0.05) is 37.8 Å². The van der Waals surface area contributed by atoms with Crippen LogP contribution in [-0.4, -0.2) is 50.2 Å². The molecule has 1 aliphatic rings. The highest BCUT2D eigenvalue weighted by Gasteiger charge is 2.13. The molecule has 6 heteroatoms. The highest BCUT2D eigenvalue weighted by molar-refractivity contribution is 5.83. The molecule has 1 fully saturated rings. The first kappa shape index (κ1) is 18.8. The van der Waals surface area contributed by atoms with Crippen LogP contribution < -0.4 is 15.0 Å². The number of fused-ring (bicyclic) bond motifs is 1. The zero-order valence-electron chi connectivity index (χ0n) is 16.6. The Labute approximate surface area is 166 Å². The predicted octanol–water partition coefficient (Wildman–Crippen LogP) is 3.27. The number of likely N-dealkylation sites (N-methyl/N-ethyl adjacent to an activating group) is 1. The van der Waals surface area contributed by atoms with Crippen LogP contribution in [0.15, 0.2) is 47.0 Å². The number of ether oxygens (including phenoxy) is 1. The van der Waals surface area contributed by atoms with E-state index >= 15 is 0 Å². The summed E-state index contributed by atoms with van der Waals surface area (Å²) in [7, 11) is 3.85. The van der Waals surface area contributed by atoms with Gasteiger partial charge in [0.1, 0.15) is 11.6 Å². The summed E-state index contributed by atoms with van der Waals surface area (Å²) in [6.07, 6.45) is 3.16. The van der Waals surface area contributed by atoms with Gasteiger partial charge in [-0.25, -0.2) is 4.98 Å². The summed E-state index contributed by atoms with van der Waals surface area (Å²) in [5, 5.41) is 4.50. The van der Waals surface area contributed by atoms with Gasteiger partial charge < -0.3 is 24.3 Å². The second-order valence-electron chi connectivity index (χ2n) is 7.36. The molecule has 0 radical (unpaired) electrons. The molecule has 6 nitrogen and oxygen atoms in total. The second kappa shape index (κ2) is 8.63. The molecule has 1 aliphatic heterocycles. The van der Waals surface area contributed by atoms with Crippen LogP contribution in [0.3, 0.4) is 0 Å². The molecule has 1 N–H and O–H groups in total. The number of aromatic nitrogens is 1. The van der Waals surface area contributed by atoms with Crippen molar-refractivity contribution in [2.45, 2.75) is 19.5 Å². The molecule has 3 heterocycles. The number of anilines is 1. The van der Waals surface area contributed by atoms with E-state index in [4.69, 9.17) is 9.15 Å². The van der Waals surface area contributed by atoms with E-state index in [1.54, 1.807) is 7.11 Å². The number of para-hydroxylation sites is 1. The average molecular weight is 380 g/mol. The SMILES string of the molecule is COc1cccc2cc(CNCc3ccc(N4CCCN(C)CC4)nc3)oc12. The van der Waals surface area contributed by atoms with Crippen molar-refractivity contribution in [2.75, 3.05) is 45.2 Å². The van der Waals surface area contributed by atoms with Crippen LogP contribution in [0.4, 0.5) is 5.82 Å². The third kappa shape index (κ3) is 4.29. The fourth-order valence-electron chi connectivity index (χ4n) is 3.65. The van der Waals surface area contributed by atoms with Gasteiger partial charge in [-0.05, 0) is 43.8 Å². The average Bonchev–Trinajstić information content (AvgIpc) is 3.01. The fourth-order valence-corrected chi connectivity index (χ4v) is 3.65. The van der Waals surface area contributed by atoms with Gasteiger partial charge in [0.25, 0.3) is 0 Å². The number of benzene rings is 1. The van der Waals surface area contributed by atoms with E-state index in [0.717, 1.165) is 61.0 Å². The Hall–Kier alpha value is -2.57. The molecule has 0 atom stereocenters. The number of nitrogens with zero attached hydrogens (tertiary/aromatic N) is 3. The summed E-state index contributed by atoms with van der Waals surface area (Å²) >= 11 is 0. The molecule has 0 spiro atoms. The van der Waals surface area contributed by atoms with E-state index in [1.807, 2.05) is 24.4 Å². The van der Waals surface area contributed by atoms with E-state index in [0.29, 0.717) is 6.54 Å². The lowest BCUT2D eigenvalue weighted by molar-refractivity contribution is 0.360. The Balaban J connectivity index is 1.33. The minimum atomic E-state index is 0.665. The van der Waals surface area contributed by atoms with Gasteiger partial charge >= 0.3 is 0 Å². The quantitative estimate of drug-likeness (QED) is 0.708. The molecule has 0 aliphatic carbocycles. The molecule has 0 amide bonds. The summed E-state index contributed by atoms with van der Waals surface area (Å²) in [5.41, 5.74) is 1.97. The van der Waals surface area contributed by atoms with Crippen molar-refractivity contribution < 1.29 is 9.15 Å². The van der Waals surface area contributed by atoms with Crippen LogP contribution in [0, 0.1) is 0 Å². The van der Waals surface area contributed by atoms with Crippen LogP contribution in [0.5, 0.6) is 5.75 Å². The van der Waals surface area contributed by atoms with Crippen LogP contribution in [0.1, 0.15) is 17.7 Å². The van der Waals surface area contributed by atoms with Gasteiger partial charge in [0.15, 0.2) is 11.3 Å². The molecule has 2 aromatic heterocycles. The molecule has 1 saturated heterocycles. The van der Waals surface area contributed by atoms with E-state index in [9.17, 15) is 0 Å². The first-order chi connectivity index (χ1) is 13.7. The maximum atomic E-state index is 5.93. The van der Waals surface area contributed by atoms with Crippen LogP contribution in [0.25, 0.3) is 11.0 Å². The third-order valence-corrected chi connectivity index (χ3v) is 5.26. The molecule has 148 valence electrons. The Morgan fingerprint density at radius 3 is 2.86 bits per heavy atom. The molecule has 0 bridgehead atoms. The first-order valence-corrected chi connectivity index (χ1v) is 9.87. The van der Waals surface area contributed by atoms with Gasteiger partial charge in [0.2, 0.25) is 0 Å². The Morgan fingerprint density at radius 1 is 1.11 bits per heavy atom.